The summed E-state index contributed by atoms with van der Waals surface area (Å²) in [5, 5.41) is 5.05. The van der Waals surface area contributed by atoms with Crippen LogP contribution in [0.4, 0.5) is 4.39 Å². The second-order valence-electron chi connectivity index (χ2n) is 11.0. The van der Waals surface area contributed by atoms with E-state index in [0.717, 1.165) is 43.9 Å². The SMILES string of the molecule is CCOc1cccc(F)c1CN1CCN(C(=O)[C@H](N)C2CCN(CCc3cc(Cl)ccc3-c3ccsc3)CC2)CC1. The summed E-state index contributed by atoms with van der Waals surface area (Å²) in [7, 11) is 0. The third kappa shape index (κ3) is 7.48. The highest BCUT2D eigenvalue weighted by Crippen LogP contribution is 2.30. The molecule has 2 aromatic carbocycles. The van der Waals surface area contributed by atoms with Crippen molar-refractivity contribution in [2.75, 3.05) is 52.4 Å². The van der Waals surface area contributed by atoms with Crippen LogP contribution in [0.1, 0.15) is 30.9 Å². The Labute approximate surface area is 251 Å². The van der Waals surface area contributed by atoms with Crippen molar-refractivity contribution in [3.8, 4) is 16.9 Å². The first-order valence-corrected chi connectivity index (χ1v) is 15.9. The number of nitrogens with two attached hydrogens (primary N) is 1. The molecule has 2 aliphatic rings. The molecule has 6 nitrogen and oxygen atoms in total. The van der Waals surface area contributed by atoms with E-state index in [2.05, 4.69) is 38.8 Å². The number of hydrogen-bond acceptors (Lipinski definition) is 6. The van der Waals surface area contributed by atoms with Crippen LogP contribution < -0.4 is 10.5 Å². The monoisotopic (exact) mass is 598 g/mol. The molecule has 0 bridgehead atoms. The first-order chi connectivity index (χ1) is 19.9. The average Bonchev–Trinajstić information content (AvgIpc) is 3.53. The van der Waals surface area contributed by atoms with Gasteiger partial charge in [-0.25, -0.2) is 4.39 Å². The third-order valence-electron chi connectivity index (χ3n) is 8.46. The fourth-order valence-corrected chi connectivity index (χ4v) is 6.88. The number of carbonyl (C=O) groups is 1. The van der Waals surface area contributed by atoms with Gasteiger partial charge in [-0.2, -0.15) is 11.3 Å². The van der Waals surface area contributed by atoms with Gasteiger partial charge in [0, 0.05) is 49.9 Å². The van der Waals surface area contributed by atoms with Crippen LogP contribution in [0.2, 0.25) is 5.02 Å². The Kier molecular flexibility index (Phi) is 10.3. The van der Waals surface area contributed by atoms with E-state index >= 15 is 0 Å². The second-order valence-corrected chi connectivity index (χ2v) is 12.2. The van der Waals surface area contributed by atoms with Gasteiger partial charge < -0.3 is 20.3 Å². The number of likely N-dealkylation sites (tertiary alicyclic amines) is 1. The van der Waals surface area contributed by atoms with Crippen LogP contribution in [0.3, 0.4) is 0 Å². The molecule has 2 saturated heterocycles. The number of thiophene rings is 1. The van der Waals surface area contributed by atoms with Gasteiger partial charge in [-0.1, -0.05) is 23.7 Å². The van der Waals surface area contributed by atoms with E-state index in [4.69, 9.17) is 22.1 Å². The Morgan fingerprint density at radius 3 is 2.59 bits per heavy atom. The van der Waals surface area contributed by atoms with Crippen LogP contribution in [-0.2, 0) is 17.8 Å². The number of hydrogen-bond donors (Lipinski definition) is 1. The Morgan fingerprint density at radius 1 is 1.10 bits per heavy atom. The first kappa shape index (κ1) is 30.0. The molecule has 0 aliphatic carbocycles. The fraction of sp³-hybridized carbons (Fsp3) is 0.469. The van der Waals surface area contributed by atoms with Crippen molar-refractivity contribution in [3.05, 3.63) is 75.2 Å². The number of nitrogens with zero attached hydrogens (tertiary/aromatic N) is 3. The maximum atomic E-state index is 14.5. The summed E-state index contributed by atoms with van der Waals surface area (Å²) >= 11 is 8.04. The molecule has 3 aromatic rings. The number of piperazine rings is 1. The molecule has 5 rings (SSSR count). The zero-order chi connectivity index (χ0) is 28.8. The molecule has 2 aliphatic heterocycles. The van der Waals surface area contributed by atoms with E-state index < -0.39 is 6.04 Å². The highest BCUT2D eigenvalue weighted by Gasteiger charge is 2.33. The van der Waals surface area contributed by atoms with Gasteiger partial charge in [-0.15, -0.1) is 0 Å². The number of piperidine rings is 1. The normalized spacial score (nSPS) is 18.0. The van der Waals surface area contributed by atoms with Crippen molar-refractivity contribution in [1.29, 1.82) is 0 Å². The van der Waals surface area contributed by atoms with Crippen molar-refractivity contribution in [2.45, 2.75) is 38.8 Å². The van der Waals surface area contributed by atoms with Crippen molar-refractivity contribution >= 4 is 28.8 Å². The maximum Gasteiger partial charge on any atom is 0.239 e. The molecule has 1 aromatic heterocycles. The lowest BCUT2D eigenvalue weighted by Gasteiger charge is -2.39. The summed E-state index contributed by atoms with van der Waals surface area (Å²) in [6, 6.07) is 12.8. The number of benzene rings is 2. The van der Waals surface area contributed by atoms with Crippen LogP contribution in [0, 0.1) is 11.7 Å². The molecule has 2 N–H and O–H groups in total. The quantitative estimate of drug-likeness (QED) is 0.332. The minimum absolute atomic E-state index is 0.0447. The molecule has 1 atom stereocenters. The van der Waals surface area contributed by atoms with Crippen molar-refractivity contribution in [1.82, 2.24) is 14.7 Å². The standard InChI is InChI=1S/C32H40ClFN4O2S/c1-2-40-30-5-3-4-29(34)28(30)21-37-15-17-38(18-16-37)32(39)31(35)23-8-12-36(13-9-23)14-10-24-20-26(33)6-7-27(24)25-11-19-41-22-25/h3-7,11,19-20,22-23,31H,2,8-10,12-18,21,35H2,1H3/t31-/m1/s1. The van der Waals surface area contributed by atoms with Crippen LogP contribution in [0.25, 0.3) is 11.1 Å². The van der Waals surface area contributed by atoms with Gasteiger partial charge in [-0.05, 0) is 103 Å². The molecule has 0 spiro atoms. The highest BCUT2D eigenvalue weighted by atomic mass is 35.5. The molecule has 9 heteroatoms. The number of rotatable bonds is 10. The van der Waals surface area contributed by atoms with Gasteiger partial charge >= 0.3 is 0 Å². The van der Waals surface area contributed by atoms with Gasteiger partial charge in [0.1, 0.15) is 11.6 Å². The van der Waals surface area contributed by atoms with Crippen LogP contribution >= 0.6 is 22.9 Å². The van der Waals surface area contributed by atoms with Gasteiger partial charge in [-0.3, -0.25) is 9.69 Å². The smallest absolute Gasteiger partial charge is 0.239 e. The van der Waals surface area contributed by atoms with E-state index in [0.29, 0.717) is 50.6 Å². The lowest BCUT2D eigenvalue weighted by Crippen LogP contribution is -2.55. The van der Waals surface area contributed by atoms with Gasteiger partial charge in [0.15, 0.2) is 0 Å². The molecular weight excluding hydrogens is 559 g/mol. The van der Waals surface area contributed by atoms with E-state index in [1.54, 1.807) is 17.4 Å². The van der Waals surface area contributed by atoms with E-state index in [1.807, 2.05) is 24.0 Å². The van der Waals surface area contributed by atoms with Gasteiger partial charge in [0.2, 0.25) is 5.91 Å². The predicted octanol–water partition coefficient (Wildman–Crippen LogP) is 5.53. The Balaban J connectivity index is 1.08. The Hall–Kier alpha value is -2.49. The topological polar surface area (TPSA) is 62.0 Å². The van der Waals surface area contributed by atoms with Crippen LogP contribution in [0.15, 0.2) is 53.2 Å². The molecule has 0 unspecified atom stereocenters. The number of halogens is 2. The predicted molar refractivity (Wildman–Crippen MR) is 165 cm³/mol. The lowest BCUT2D eigenvalue weighted by molar-refractivity contribution is -0.136. The van der Waals surface area contributed by atoms with Gasteiger partial charge in [0.05, 0.1) is 12.6 Å². The summed E-state index contributed by atoms with van der Waals surface area (Å²) in [6.07, 6.45) is 2.78. The van der Waals surface area contributed by atoms with Crippen LogP contribution in [0.5, 0.6) is 5.75 Å². The van der Waals surface area contributed by atoms with Crippen molar-refractivity contribution < 1.29 is 13.9 Å². The summed E-state index contributed by atoms with van der Waals surface area (Å²) in [5.74, 6) is 0.577. The molecule has 0 radical (unpaired) electrons. The van der Waals surface area contributed by atoms with E-state index in [-0.39, 0.29) is 17.6 Å². The Morgan fingerprint density at radius 2 is 1.88 bits per heavy atom. The number of ether oxygens (including phenoxy) is 1. The second kappa shape index (κ2) is 14.1. The molecule has 3 heterocycles. The van der Waals surface area contributed by atoms with E-state index in [1.165, 1.54) is 22.8 Å². The maximum absolute atomic E-state index is 14.5. The molecular formula is C32H40ClFN4O2S. The van der Waals surface area contributed by atoms with E-state index in [9.17, 15) is 9.18 Å². The largest absolute Gasteiger partial charge is 0.493 e. The lowest BCUT2D eigenvalue weighted by atomic mass is 9.88. The first-order valence-electron chi connectivity index (χ1n) is 14.6. The Bertz CT molecular complexity index is 1290. The molecule has 220 valence electrons. The summed E-state index contributed by atoms with van der Waals surface area (Å²) < 4.78 is 20.1. The molecule has 1 amide bonds. The zero-order valence-electron chi connectivity index (χ0n) is 23.7. The summed E-state index contributed by atoms with van der Waals surface area (Å²) in [6.45, 7) is 8.30. The molecule has 41 heavy (non-hydrogen) atoms. The molecule has 2 fully saturated rings. The average molecular weight is 599 g/mol. The fourth-order valence-electron chi connectivity index (χ4n) is 6.03. The summed E-state index contributed by atoms with van der Waals surface area (Å²) in [5.41, 5.74) is 10.9. The molecule has 0 saturated carbocycles. The van der Waals surface area contributed by atoms with Crippen molar-refractivity contribution in [3.63, 3.8) is 0 Å². The van der Waals surface area contributed by atoms with Crippen molar-refractivity contribution in [2.24, 2.45) is 11.7 Å². The van der Waals surface area contributed by atoms with Gasteiger partial charge in [0.25, 0.3) is 0 Å². The zero-order valence-corrected chi connectivity index (χ0v) is 25.3. The minimum atomic E-state index is -0.474. The number of carbonyl (C=O) groups excluding carboxylic acids is 1. The highest BCUT2D eigenvalue weighted by molar-refractivity contribution is 7.08. The van der Waals surface area contributed by atoms with Crippen LogP contribution in [-0.4, -0.2) is 79.1 Å². The number of amides is 1. The minimum Gasteiger partial charge on any atom is -0.493 e. The summed E-state index contributed by atoms with van der Waals surface area (Å²) in [4.78, 5) is 19.9. The third-order valence-corrected chi connectivity index (χ3v) is 9.38.